The average Bonchev–Trinajstić information content (AvgIpc) is 3.43. The Labute approximate surface area is 172 Å². The molecule has 6 heteroatoms. The van der Waals surface area contributed by atoms with Crippen LogP contribution in [-0.4, -0.2) is 29.2 Å². The van der Waals surface area contributed by atoms with Crippen LogP contribution in [0.2, 0.25) is 0 Å². The highest BCUT2D eigenvalue weighted by Crippen LogP contribution is 2.65. The molecule has 1 N–H and O–H groups in total. The van der Waals surface area contributed by atoms with Crippen molar-refractivity contribution in [2.45, 2.75) is 26.7 Å². The number of carbonyl (C=O) groups is 3. The Hall–Kier alpha value is -1.95. The van der Waals surface area contributed by atoms with Gasteiger partial charge in [0, 0.05) is 23.1 Å². The Bertz CT molecular complexity index is 904. The molecule has 2 saturated carbocycles. The summed E-state index contributed by atoms with van der Waals surface area (Å²) in [5, 5.41) is 2.92. The second-order valence-corrected chi connectivity index (χ2v) is 9.55. The highest BCUT2D eigenvalue weighted by Gasteiger charge is 2.66. The number of allylic oxidation sites excluding steroid dienone is 2. The number of anilines is 1. The van der Waals surface area contributed by atoms with Crippen molar-refractivity contribution in [2.75, 3.05) is 11.9 Å². The van der Waals surface area contributed by atoms with Gasteiger partial charge in [0.25, 0.3) is 0 Å². The summed E-state index contributed by atoms with van der Waals surface area (Å²) in [6.07, 6.45) is 5.62. The van der Waals surface area contributed by atoms with Crippen molar-refractivity contribution in [1.82, 2.24) is 4.90 Å². The van der Waals surface area contributed by atoms with Gasteiger partial charge in [-0.2, -0.15) is 0 Å². The average molecular weight is 443 g/mol. The molecule has 0 aromatic heterocycles. The van der Waals surface area contributed by atoms with Crippen LogP contribution in [0.5, 0.6) is 0 Å². The Balaban J connectivity index is 1.25. The fraction of sp³-hybridized carbons (Fsp3) is 0.500. The summed E-state index contributed by atoms with van der Waals surface area (Å²) in [6, 6.07) is 3.89. The molecular formula is C22H23BrN2O3. The van der Waals surface area contributed by atoms with Gasteiger partial charge in [-0.3, -0.25) is 19.3 Å². The molecule has 5 aliphatic rings. The number of benzene rings is 1. The maximum absolute atomic E-state index is 12.9. The summed E-state index contributed by atoms with van der Waals surface area (Å²) in [5.41, 5.74) is 2.77. The molecule has 3 amide bonds. The van der Waals surface area contributed by atoms with Gasteiger partial charge in [-0.15, -0.1) is 0 Å². The molecule has 0 radical (unpaired) electrons. The van der Waals surface area contributed by atoms with Crippen molar-refractivity contribution in [2.24, 2.45) is 35.5 Å². The number of hydrogen-bond donors (Lipinski definition) is 1. The van der Waals surface area contributed by atoms with Gasteiger partial charge in [-0.25, -0.2) is 0 Å². The number of likely N-dealkylation sites (tertiary alicyclic amines) is 1. The molecular weight excluding hydrogens is 420 g/mol. The van der Waals surface area contributed by atoms with Crippen LogP contribution in [0.3, 0.4) is 0 Å². The molecule has 2 bridgehead atoms. The SMILES string of the molecule is Cc1cc(NC(=O)CCN2C(=O)[C@H]3[C@@H]4C=C[C@H]([C@H]5C[C@H]45)[C@@H]3C2=O)c(C)cc1Br. The fourth-order valence-electron chi connectivity index (χ4n) is 5.58. The molecule has 0 spiro atoms. The summed E-state index contributed by atoms with van der Waals surface area (Å²) in [5.74, 6) is 0.957. The topological polar surface area (TPSA) is 66.5 Å². The number of nitrogens with one attached hydrogen (secondary N) is 1. The van der Waals surface area contributed by atoms with Gasteiger partial charge >= 0.3 is 0 Å². The quantitative estimate of drug-likeness (QED) is 0.573. The van der Waals surface area contributed by atoms with Crippen LogP contribution in [0.4, 0.5) is 5.69 Å². The molecule has 5 nitrogen and oxygen atoms in total. The molecule has 28 heavy (non-hydrogen) atoms. The van der Waals surface area contributed by atoms with Crippen LogP contribution >= 0.6 is 15.9 Å². The molecule has 146 valence electrons. The van der Waals surface area contributed by atoms with E-state index >= 15 is 0 Å². The van der Waals surface area contributed by atoms with E-state index in [1.165, 1.54) is 4.90 Å². The van der Waals surface area contributed by atoms with Crippen molar-refractivity contribution in [1.29, 1.82) is 0 Å². The first kappa shape index (κ1) is 18.1. The van der Waals surface area contributed by atoms with Crippen molar-refractivity contribution >= 4 is 39.3 Å². The van der Waals surface area contributed by atoms with Crippen LogP contribution in [0.25, 0.3) is 0 Å². The van der Waals surface area contributed by atoms with Crippen LogP contribution in [0, 0.1) is 49.4 Å². The Morgan fingerprint density at radius 2 is 1.68 bits per heavy atom. The van der Waals surface area contributed by atoms with Crippen molar-refractivity contribution < 1.29 is 14.4 Å². The molecule has 1 aliphatic heterocycles. The molecule has 1 aromatic rings. The molecule has 1 aromatic carbocycles. The van der Waals surface area contributed by atoms with E-state index in [0.29, 0.717) is 11.8 Å². The molecule has 0 unspecified atom stereocenters. The van der Waals surface area contributed by atoms with E-state index in [1.54, 1.807) is 0 Å². The van der Waals surface area contributed by atoms with Crippen LogP contribution in [0.15, 0.2) is 28.8 Å². The summed E-state index contributed by atoms with van der Waals surface area (Å²) < 4.78 is 1.00. The zero-order chi connectivity index (χ0) is 19.7. The normalized spacial score (nSPS) is 34.5. The van der Waals surface area contributed by atoms with Gasteiger partial charge in [-0.1, -0.05) is 28.1 Å². The highest BCUT2D eigenvalue weighted by molar-refractivity contribution is 9.10. The largest absolute Gasteiger partial charge is 0.326 e. The highest BCUT2D eigenvalue weighted by atomic mass is 79.9. The number of carbonyl (C=O) groups excluding carboxylic acids is 3. The fourth-order valence-corrected chi connectivity index (χ4v) is 6.04. The van der Waals surface area contributed by atoms with Crippen LogP contribution < -0.4 is 5.32 Å². The van der Waals surface area contributed by atoms with Crippen molar-refractivity contribution in [3.8, 4) is 0 Å². The lowest BCUT2D eigenvalue weighted by Gasteiger charge is -2.37. The van der Waals surface area contributed by atoms with E-state index in [9.17, 15) is 14.4 Å². The molecule has 6 atom stereocenters. The molecule has 4 aliphatic carbocycles. The number of halogens is 1. The number of hydrogen-bond acceptors (Lipinski definition) is 3. The minimum Gasteiger partial charge on any atom is -0.326 e. The lowest BCUT2D eigenvalue weighted by Crippen LogP contribution is -2.40. The second kappa shape index (κ2) is 6.28. The maximum Gasteiger partial charge on any atom is 0.233 e. The zero-order valence-corrected chi connectivity index (χ0v) is 17.5. The predicted octanol–water partition coefficient (Wildman–Crippen LogP) is 3.45. The first-order chi connectivity index (χ1) is 13.4. The number of aryl methyl sites for hydroxylation is 2. The molecule has 1 saturated heterocycles. The molecule has 1 heterocycles. The zero-order valence-electron chi connectivity index (χ0n) is 15.9. The Kier molecular flexibility index (Phi) is 4.06. The van der Waals surface area contributed by atoms with Crippen molar-refractivity contribution in [3.05, 3.63) is 39.9 Å². The van der Waals surface area contributed by atoms with E-state index < -0.39 is 0 Å². The van der Waals surface area contributed by atoms with Crippen LogP contribution in [0.1, 0.15) is 24.0 Å². The third kappa shape index (κ3) is 2.60. The van der Waals surface area contributed by atoms with Gasteiger partial charge < -0.3 is 5.32 Å². The van der Waals surface area contributed by atoms with E-state index in [-0.39, 0.29) is 54.4 Å². The Morgan fingerprint density at radius 3 is 2.29 bits per heavy atom. The standard InChI is InChI=1S/C22H23BrN2O3/c1-10-8-17(11(2)7-16(10)23)24-18(26)5-6-25-21(27)19-12-3-4-13(15-9-14(12)15)20(19)22(25)28/h3-4,7-8,12-15,19-20H,5-6,9H2,1-2H3,(H,24,26)/t12-,13-,14-,15-,19+,20+/m1/s1. The lowest BCUT2D eigenvalue weighted by atomic mass is 9.63. The molecule has 3 fully saturated rings. The number of rotatable bonds is 4. The van der Waals surface area contributed by atoms with E-state index in [1.807, 2.05) is 26.0 Å². The van der Waals surface area contributed by atoms with E-state index in [4.69, 9.17) is 0 Å². The lowest BCUT2D eigenvalue weighted by molar-refractivity contribution is -0.140. The third-order valence-electron chi connectivity index (χ3n) is 7.10. The predicted molar refractivity (Wildman–Crippen MR) is 108 cm³/mol. The summed E-state index contributed by atoms with van der Waals surface area (Å²) in [4.78, 5) is 39.7. The number of imide groups is 1. The van der Waals surface area contributed by atoms with E-state index in [2.05, 4.69) is 33.4 Å². The van der Waals surface area contributed by atoms with Gasteiger partial charge in [-0.05, 0) is 67.2 Å². The van der Waals surface area contributed by atoms with Gasteiger partial charge in [0.15, 0.2) is 0 Å². The summed E-state index contributed by atoms with van der Waals surface area (Å²) >= 11 is 3.49. The minimum atomic E-state index is -0.189. The van der Waals surface area contributed by atoms with Gasteiger partial charge in [0.05, 0.1) is 11.8 Å². The smallest absolute Gasteiger partial charge is 0.233 e. The minimum absolute atomic E-state index is 0.0665. The monoisotopic (exact) mass is 442 g/mol. The Morgan fingerprint density at radius 1 is 1.07 bits per heavy atom. The van der Waals surface area contributed by atoms with Crippen LogP contribution in [-0.2, 0) is 14.4 Å². The third-order valence-corrected chi connectivity index (χ3v) is 7.95. The summed E-state index contributed by atoms with van der Waals surface area (Å²) in [6.45, 7) is 4.07. The molecule has 6 rings (SSSR count). The second-order valence-electron chi connectivity index (χ2n) is 8.70. The number of nitrogens with zero attached hydrogens (tertiary/aromatic N) is 1. The first-order valence-electron chi connectivity index (χ1n) is 9.97. The van der Waals surface area contributed by atoms with Gasteiger partial charge in [0.1, 0.15) is 0 Å². The maximum atomic E-state index is 12.9. The number of amides is 3. The van der Waals surface area contributed by atoms with Gasteiger partial charge in [0.2, 0.25) is 17.7 Å². The van der Waals surface area contributed by atoms with E-state index in [0.717, 1.165) is 27.7 Å². The first-order valence-corrected chi connectivity index (χ1v) is 10.8. The van der Waals surface area contributed by atoms with Crippen molar-refractivity contribution in [3.63, 3.8) is 0 Å². The summed E-state index contributed by atoms with van der Waals surface area (Å²) in [7, 11) is 0.